The molecule has 2 rings (SSSR count). The van der Waals surface area contributed by atoms with E-state index in [9.17, 15) is 5.11 Å². The molecule has 0 amide bonds. The third-order valence-electron chi connectivity index (χ3n) is 4.35. The molecule has 1 fully saturated rings. The number of aliphatic hydroxyl groups excluding tert-OH is 2. The van der Waals surface area contributed by atoms with E-state index >= 15 is 0 Å². The lowest BCUT2D eigenvalue weighted by Crippen LogP contribution is -3.17. The minimum absolute atomic E-state index is 0.233. The van der Waals surface area contributed by atoms with Crippen LogP contribution in [0.15, 0.2) is 24.3 Å². The van der Waals surface area contributed by atoms with Gasteiger partial charge in [-0.05, 0) is 37.0 Å². The molecule has 3 N–H and O–H groups in total. The number of nitrogens with one attached hydrogen (secondary N) is 1. The van der Waals surface area contributed by atoms with Crippen LogP contribution in [0.5, 0.6) is 0 Å². The largest absolute Gasteiger partial charge is 0.396 e. The van der Waals surface area contributed by atoms with Gasteiger partial charge in [0.25, 0.3) is 0 Å². The zero-order valence-electron chi connectivity index (χ0n) is 13.0. The van der Waals surface area contributed by atoms with Gasteiger partial charge in [0, 0.05) is 18.1 Å². The van der Waals surface area contributed by atoms with Crippen LogP contribution in [0.3, 0.4) is 0 Å². The standard InChI is InChI=1S/C17H26ClNO3/c18-15-6-4-14(5-7-15)12-22-13-17(21)11-19-9-2-1-3-16(19)8-10-20/h4-7,16-17,20-21H,1-3,8-13H2/p+1/t16-,17-/m1/s1. The Kier molecular flexibility index (Phi) is 7.63. The highest BCUT2D eigenvalue weighted by atomic mass is 35.5. The molecule has 0 saturated carbocycles. The Bertz CT molecular complexity index is 424. The van der Waals surface area contributed by atoms with Gasteiger partial charge >= 0.3 is 0 Å². The van der Waals surface area contributed by atoms with Crippen LogP contribution in [0.25, 0.3) is 0 Å². The Labute approximate surface area is 137 Å². The molecule has 5 heteroatoms. The van der Waals surface area contributed by atoms with Gasteiger partial charge in [0.2, 0.25) is 0 Å². The van der Waals surface area contributed by atoms with Crippen LogP contribution in [0, 0.1) is 0 Å². The Hall–Kier alpha value is -0.650. The van der Waals surface area contributed by atoms with Crippen LogP contribution in [-0.2, 0) is 11.3 Å². The van der Waals surface area contributed by atoms with Gasteiger partial charge in [-0.25, -0.2) is 0 Å². The maximum atomic E-state index is 10.2. The molecule has 1 unspecified atom stereocenters. The normalized spacial score (nSPS) is 23.4. The summed E-state index contributed by atoms with van der Waals surface area (Å²) in [7, 11) is 0. The van der Waals surface area contributed by atoms with E-state index < -0.39 is 6.10 Å². The van der Waals surface area contributed by atoms with Crippen LogP contribution >= 0.6 is 11.6 Å². The summed E-state index contributed by atoms with van der Waals surface area (Å²) in [6.45, 7) is 2.85. The van der Waals surface area contributed by atoms with E-state index in [1.54, 1.807) is 0 Å². The number of benzene rings is 1. The Morgan fingerprint density at radius 1 is 1.27 bits per heavy atom. The Morgan fingerprint density at radius 2 is 2.05 bits per heavy atom. The first-order valence-electron chi connectivity index (χ1n) is 8.14. The molecule has 1 aromatic carbocycles. The van der Waals surface area contributed by atoms with E-state index in [0.717, 1.165) is 24.9 Å². The summed E-state index contributed by atoms with van der Waals surface area (Å²) in [5.74, 6) is 0. The second kappa shape index (κ2) is 9.48. The highest BCUT2D eigenvalue weighted by Crippen LogP contribution is 2.10. The van der Waals surface area contributed by atoms with Crippen molar-refractivity contribution in [3.8, 4) is 0 Å². The predicted molar refractivity (Wildman–Crippen MR) is 87.2 cm³/mol. The van der Waals surface area contributed by atoms with Crippen molar-refractivity contribution >= 4 is 11.6 Å². The van der Waals surface area contributed by atoms with Crippen molar-refractivity contribution in [2.75, 3.05) is 26.3 Å². The second-order valence-corrected chi connectivity index (χ2v) is 6.55. The average molecular weight is 329 g/mol. The zero-order valence-corrected chi connectivity index (χ0v) is 13.8. The summed E-state index contributed by atoms with van der Waals surface area (Å²) in [4.78, 5) is 1.41. The predicted octanol–water partition coefficient (Wildman–Crippen LogP) is 1.04. The highest BCUT2D eigenvalue weighted by Gasteiger charge is 2.27. The van der Waals surface area contributed by atoms with Crippen molar-refractivity contribution in [3.05, 3.63) is 34.9 Å². The topological polar surface area (TPSA) is 54.1 Å². The Balaban J connectivity index is 1.70. The van der Waals surface area contributed by atoms with Gasteiger partial charge in [0.1, 0.15) is 12.6 Å². The van der Waals surface area contributed by atoms with Crippen LogP contribution in [0.2, 0.25) is 5.02 Å². The molecule has 22 heavy (non-hydrogen) atoms. The summed E-state index contributed by atoms with van der Waals surface area (Å²) in [5, 5.41) is 20.0. The van der Waals surface area contributed by atoms with E-state index in [2.05, 4.69) is 0 Å². The molecule has 1 aromatic rings. The van der Waals surface area contributed by atoms with Crippen LogP contribution < -0.4 is 4.90 Å². The molecule has 124 valence electrons. The first-order chi connectivity index (χ1) is 10.7. The van der Waals surface area contributed by atoms with Gasteiger partial charge in [-0.1, -0.05) is 23.7 Å². The molecule has 3 atom stereocenters. The zero-order chi connectivity index (χ0) is 15.8. The molecule has 0 bridgehead atoms. The number of ether oxygens (including phenoxy) is 1. The van der Waals surface area contributed by atoms with Crippen molar-refractivity contribution in [3.63, 3.8) is 0 Å². The third kappa shape index (κ3) is 5.86. The maximum absolute atomic E-state index is 10.2. The van der Waals surface area contributed by atoms with Crippen LogP contribution in [0.1, 0.15) is 31.2 Å². The lowest BCUT2D eigenvalue weighted by molar-refractivity contribution is -0.934. The fourth-order valence-corrected chi connectivity index (χ4v) is 3.31. The first-order valence-corrected chi connectivity index (χ1v) is 8.52. The third-order valence-corrected chi connectivity index (χ3v) is 4.60. The minimum Gasteiger partial charge on any atom is -0.396 e. The van der Waals surface area contributed by atoms with E-state index in [4.69, 9.17) is 21.4 Å². The van der Waals surface area contributed by atoms with Gasteiger partial charge in [-0.2, -0.15) is 0 Å². The smallest absolute Gasteiger partial charge is 0.126 e. The molecule has 1 heterocycles. The van der Waals surface area contributed by atoms with Crippen molar-refractivity contribution < 1.29 is 19.8 Å². The second-order valence-electron chi connectivity index (χ2n) is 6.11. The van der Waals surface area contributed by atoms with E-state index in [1.807, 2.05) is 24.3 Å². The molecule has 0 aliphatic carbocycles. The molecule has 0 spiro atoms. The monoisotopic (exact) mass is 328 g/mol. The number of hydrogen-bond acceptors (Lipinski definition) is 3. The number of rotatable bonds is 8. The van der Waals surface area contributed by atoms with Gasteiger partial charge in [0.15, 0.2) is 0 Å². The van der Waals surface area contributed by atoms with E-state index in [0.29, 0.717) is 30.8 Å². The molecule has 4 nitrogen and oxygen atoms in total. The number of aliphatic hydroxyl groups is 2. The molecule has 1 aliphatic heterocycles. The first kappa shape index (κ1) is 17.7. The van der Waals surface area contributed by atoms with Crippen molar-refractivity contribution in [2.24, 2.45) is 0 Å². The average Bonchev–Trinajstić information content (AvgIpc) is 2.51. The number of likely N-dealkylation sites (tertiary alicyclic amines) is 1. The molecular formula is C17H27ClNO3+. The molecular weight excluding hydrogens is 302 g/mol. The molecule has 1 saturated heterocycles. The summed E-state index contributed by atoms with van der Waals surface area (Å²) < 4.78 is 5.60. The van der Waals surface area contributed by atoms with E-state index in [-0.39, 0.29) is 6.61 Å². The number of piperidine rings is 1. The minimum atomic E-state index is -0.457. The summed E-state index contributed by atoms with van der Waals surface area (Å²) in [5.41, 5.74) is 1.06. The summed E-state index contributed by atoms with van der Waals surface area (Å²) >= 11 is 5.84. The fourth-order valence-electron chi connectivity index (χ4n) is 3.18. The number of hydrogen-bond donors (Lipinski definition) is 3. The van der Waals surface area contributed by atoms with Gasteiger partial charge in [0.05, 0.1) is 25.8 Å². The van der Waals surface area contributed by atoms with Gasteiger partial charge in [-0.3, -0.25) is 0 Å². The van der Waals surface area contributed by atoms with Crippen molar-refractivity contribution in [2.45, 2.75) is 44.4 Å². The fraction of sp³-hybridized carbons (Fsp3) is 0.647. The van der Waals surface area contributed by atoms with Crippen LogP contribution in [0.4, 0.5) is 0 Å². The maximum Gasteiger partial charge on any atom is 0.126 e. The quantitative estimate of drug-likeness (QED) is 0.668. The summed E-state index contributed by atoms with van der Waals surface area (Å²) in [6.07, 6.45) is 3.95. The van der Waals surface area contributed by atoms with Gasteiger partial charge < -0.3 is 19.8 Å². The molecule has 1 aliphatic rings. The highest BCUT2D eigenvalue weighted by molar-refractivity contribution is 6.30. The lowest BCUT2D eigenvalue weighted by atomic mass is 9.99. The van der Waals surface area contributed by atoms with Crippen molar-refractivity contribution in [1.29, 1.82) is 0 Å². The molecule has 0 aromatic heterocycles. The SMILES string of the molecule is OCC[C@H]1CCCC[NH+]1C[C@@H](O)COCc1ccc(Cl)cc1. The Morgan fingerprint density at radius 3 is 2.77 bits per heavy atom. The van der Waals surface area contributed by atoms with Crippen LogP contribution in [-0.4, -0.2) is 48.7 Å². The number of halogens is 1. The van der Waals surface area contributed by atoms with Crippen molar-refractivity contribution in [1.82, 2.24) is 0 Å². The lowest BCUT2D eigenvalue weighted by Gasteiger charge is -2.33. The molecule has 0 radical (unpaired) electrons. The van der Waals surface area contributed by atoms with E-state index in [1.165, 1.54) is 17.7 Å². The van der Waals surface area contributed by atoms with Gasteiger partial charge in [-0.15, -0.1) is 0 Å². The number of quaternary nitrogens is 1. The summed E-state index contributed by atoms with van der Waals surface area (Å²) in [6, 6.07) is 8.02.